The first kappa shape index (κ1) is 17.1. The lowest BCUT2D eigenvalue weighted by Gasteiger charge is -2.23. The van der Waals surface area contributed by atoms with Crippen molar-refractivity contribution >= 4 is 5.91 Å². The van der Waals surface area contributed by atoms with Gasteiger partial charge in [0, 0.05) is 38.6 Å². The van der Waals surface area contributed by atoms with Gasteiger partial charge in [-0.05, 0) is 29.8 Å². The normalized spacial score (nSPS) is 23.5. The highest BCUT2D eigenvalue weighted by Crippen LogP contribution is 2.26. The van der Waals surface area contributed by atoms with E-state index < -0.39 is 0 Å². The molecule has 138 valence electrons. The van der Waals surface area contributed by atoms with E-state index in [1.165, 1.54) is 11.8 Å². The largest absolute Gasteiger partial charge is 0.497 e. The van der Waals surface area contributed by atoms with Crippen molar-refractivity contribution in [2.24, 2.45) is 5.92 Å². The van der Waals surface area contributed by atoms with Crippen LogP contribution < -0.4 is 4.74 Å². The van der Waals surface area contributed by atoms with Crippen LogP contribution in [0, 0.1) is 5.92 Å². The van der Waals surface area contributed by atoms with Crippen molar-refractivity contribution in [1.29, 1.82) is 0 Å². The fraction of sp³-hybridized carbons (Fsp3) is 0.450. The van der Waals surface area contributed by atoms with E-state index in [9.17, 15) is 4.79 Å². The molecule has 2 saturated heterocycles. The van der Waals surface area contributed by atoms with Crippen LogP contribution in [-0.4, -0.2) is 61.7 Å². The van der Waals surface area contributed by atoms with Gasteiger partial charge in [0.05, 0.1) is 26.1 Å². The molecule has 2 atom stereocenters. The van der Waals surface area contributed by atoms with Gasteiger partial charge in [-0.1, -0.05) is 12.1 Å². The Morgan fingerprint density at radius 3 is 2.96 bits per heavy atom. The average molecular weight is 356 g/mol. The van der Waals surface area contributed by atoms with E-state index in [0.29, 0.717) is 31.4 Å². The van der Waals surface area contributed by atoms with Gasteiger partial charge >= 0.3 is 0 Å². The topological polar surface area (TPSA) is 55.2 Å². The Bertz CT molecular complexity index is 746. The number of hydrogen-bond acceptors (Lipinski definition) is 5. The Balaban J connectivity index is 1.40. The molecule has 0 unspecified atom stereocenters. The van der Waals surface area contributed by atoms with Crippen molar-refractivity contribution in [3.63, 3.8) is 0 Å². The third-order valence-electron chi connectivity index (χ3n) is 5.16. The van der Waals surface area contributed by atoms with Gasteiger partial charge in [-0.15, -0.1) is 0 Å². The smallest absolute Gasteiger partial charge is 0.289 e. The number of rotatable bonds is 4. The summed E-state index contributed by atoms with van der Waals surface area (Å²) in [5, 5.41) is 0. The highest BCUT2D eigenvalue weighted by molar-refractivity contribution is 5.91. The monoisotopic (exact) mass is 356 g/mol. The molecule has 2 aromatic rings. The molecule has 6 heteroatoms. The second-order valence-corrected chi connectivity index (χ2v) is 6.94. The van der Waals surface area contributed by atoms with Crippen LogP contribution >= 0.6 is 0 Å². The van der Waals surface area contributed by atoms with Crippen LogP contribution in [0.4, 0.5) is 0 Å². The molecule has 6 nitrogen and oxygen atoms in total. The molecule has 1 aromatic carbocycles. The number of nitrogens with zero attached hydrogens (tertiary/aromatic N) is 2. The first-order valence-corrected chi connectivity index (χ1v) is 9.02. The minimum Gasteiger partial charge on any atom is -0.497 e. The number of amides is 1. The molecule has 0 spiro atoms. The molecule has 2 fully saturated rings. The minimum atomic E-state index is -0.0505. The molecule has 1 aromatic heterocycles. The highest BCUT2D eigenvalue weighted by Gasteiger charge is 2.38. The first-order chi connectivity index (χ1) is 12.7. The number of carbonyl (C=O) groups excluding carboxylic acids is 1. The fourth-order valence-electron chi connectivity index (χ4n) is 3.88. The van der Waals surface area contributed by atoms with Gasteiger partial charge in [-0.25, -0.2) is 0 Å². The average Bonchev–Trinajstić information content (AvgIpc) is 3.27. The maximum absolute atomic E-state index is 12.6. The zero-order chi connectivity index (χ0) is 17.9. The minimum absolute atomic E-state index is 0.0505. The molecule has 0 N–H and O–H groups in total. The van der Waals surface area contributed by atoms with Crippen molar-refractivity contribution in [3.8, 4) is 5.75 Å². The van der Waals surface area contributed by atoms with Crippen molar-refractivity contribution in [3.05, 3.63) is 54.0 Å². The number of likely N-dealkylation sites (tertiary alicyclic amines) is 1. The number of fused-ring (bicyclic) bond motifs is 1. The molecule has 0 aliphatic carbocycles. The van der Waals surface area contributed by atoms with Crippen LogP contribution in [0.5, 0.6) is 5.75 Å². The van der Waals surface area contributed by atoms with Gasteiger partial charge < -0.3 is 18.8 Å². The van der Waals surface area contributed by atoms with E-state index in [2.05, 4.69) is 17.0 Å². The van der Waals surface area contributed by atoms with Gasteiger partial charge in [0.1, 0.15) is 5.75 Å². The second kappa shape index (κ2) is 7.51. The van der Waals surface area contributed by atoms with E-state index in [4.69, 9.17) is 13.9 Å². The summed E-state index contributed by atoms with van der Waals surface area (Å²) in [5.41, 5.74) is 1.23. The van der Waals surface area contributed by atoms with Gasteiger partial charge in [0.2, 0.25) is 0 Å². The lowest BCUT2D eigenvalue weighted by Crippen LogP contribution is -2.37. The summed E-state index contributed by atoms with van der Waals surface area (Å²) in [6, 6.07) is 11.6. The van der Waals surface area contributed by atoms with Crippen LogP contribution in [0.25, 0.3) is 0 Å². The van der Waals surface area contributed by atoms with E-state index in [1.54, 1.807) is 19.2 Å². The quantitative estimate of drug-likeness (QED) is 0.841. The summed E-state index contributed by atoms with van der Waals surface area (Å²) in [6.07, 6.45) is 1.71. The highest BCUT2D eigenvalue weighted by atomic mass is 16.5. The van der Waals surface area contributed by atoms with E-state index in [-0.39, 0.29) is 12.0 Å². The Labute approximate surface area is 153 Å². The second-order valence-electron chi connectivity index (χ2n) is 6.94. The Kier molecular flexibility index (Phi) is 4.95. The van der Waals surface area contributed by atoms with Crippen LogP contribution in [0.3, 0.4) is 0 Å². The summed E-state index contributed by atoms with van der Waals surface area (Å²) in [5.74, 6) is 1.55. The lowest BCUT2D eigenvalue weighted by molar-refractivity contribution is 0.0498. The van der Waals surface area contributed by atoms with Crippen molar-refractivity contribution < 1.29 is 18.7 Å². The van der Waals surface area contributed by atoms with Gasteiger partial charge in [-0.2, -0.15) is 0 Å². The molecule has 4 rings (SSSR count). The van der Waals surface area contributed by atoms with E-state index >= 15 is 0 Å². The number of methoxy groups -OCH3 is 1. The summed E-state index contributed by atoms with van der Waals surface area (Å²) in [4.78, 5) is 16.8. The van der Waals surface area contributed by atoms with Crippen molar-refractivity contribution in [1.82, 2.24) is 9.80 Å². The van der Waals surface area contributed by atoms with Crippen LogP contribution in [0.15, 0.2) is 47.1 Å². The van der Waals surface area contributed by atoms with Crippen LogP contribution in [-0.2, 0) is 11.3 Å². The predicted molar refractivity (Wildman–Crippen MR) is 96.1 cm³/mol. The molecule has 0 bridgehead atoms. The fourth-order valence-corrected chi connectivity index (χ4v) is 3.88. The summed E-state index contributed by atoms with van der Waals surface area (Å²) in [6.45, 7) is 4.57. The Morgan fingerprint density at radius 2 is 2.15 bits per heavy atom. The number of hydrogen-bond donors (Lipinski definition) is 0. The summed E-state index contributed by atoms with van der Waals surface area (Å²) in [7, 11) is 1.69. The van der Waals surface area contributed by atoms with Gasteiger partial charge in [0.25, 0.3) is 5.91 Å². The van der Waals surface area contributed by atoms with E-state index in [0.717, 1.165) is 25.4 Å². The molecular weight excluding hydrogens is 332 g/mol. The maximum atomic E-state index is 12.6. The van der Waals surface area contributed by atoms with Gasteiger partial charge in [-0.3, -0.25) is 9.69 Å². The number of benzene rings is 1. The zero-order valence-corrected chi connectivity index (χ0v) is 15.0. The number of ether oxygens (including phenoxy) is 2. The van der Waals surface area contributed by atoms with Crippen LogP contribution in [0.1, 0.15) is 16.1 Å². The summed E-state index contributed by atoms with van der Waals surface area (Å²) < 4.78 is 16.6. The van der Waals surface area contributed by atoms with E-state index in [1.807, 2.05) is 17.0 Å². The van der Waals surface area contributed by atoms with Crippen molar-refractivity contribution in [2.45, 2.75) is 12.6 Å². The number of carbonyl (C=O) groups is 1. The number of furan rings is 1. The SMILES string of the molecule is COc1cccc(CN2C[C@@H]3CN(C(=O)c4ccco4)CCO[C@@H]3C2)c1. The van der Waals surface area contributed by atoms with Crippen molar-refractivity contribution in [2.75, 3.05) is 39.9 Å². The molecule has 2 aliphatic rings. The first-order valence-electron chi connectivity index (χ1n) is 9.02. The summed E-state index contributed by atoms with van der Waals surface area (Å²) >= 11 is 0. The lowest BCUT2D eigenvalue weighted by atomic mass is 10.1. The molecule has 3 heterocycles. The molecule has 1 amide bonds. The standard InChI is InChI=1S/C20H24N2O4/c1-24-17-5-2-4-15(10-17)11-21-12-16-13-22(7-9-26-19(16)14-21)20(23)18-6-3-8-25-18/h2-6,8,10,16,19H,7,9,11-14H2,1H3/t16-,19-/m1/s1. The predicted octanol–water partition coefficient (Wildman–Crippen LogP) is 2.26. The van der Waals surface area contributed by atoms with Crippen LogP contribution in [0.2, 0.25) is 0 Å². The van der Waals surface area contributed by atoms with Gasteiger partial charge in [0.15, 0.2) is 5.76 Å². The molecule has 0 saturated carbocycles. The molecule has 26 heavy (non-hydrogen) atoms. The maximum Gasteiger partial charge on any atom is 0.289 e. The Hall–Kier alpha value is -2.31. The third-order valence-corrected chi connectivity index (χ3v) is 5.16. The molecule has 0 radical (unpaired) electrons. The molecular formula is C20H24N2O4. The third kappa shape index (κ3) is 3.61. The zero-order valence-electron chi connectivity index (χ0n) is 15.0. The Morgan fingerprint density at radius 1 is 1.23 bits per heavy atom. The molecule has 2 aliphatic heterocycles.